The molecule has 2 saturated heterocycles. The third-order valence-corrected chi connectivity index (χ3v) is 7.87. The number of hydrogen-bond acceptors (Lipinski definition) is 5. The highest BCUT2D eigenvalue weighted by Gasteiger charge is 2.28. The average molecular weight is 539 g/mol. The van der Waals surface area contributed by atoms with Crippen LogP contribution in [0.4, 0.5) is 15.4 Å². The highest BCUT2D eigenvalue weighted by atomic mass is 16.5. The fourth-order valence-electron chi connectivity index (χ4n) is 5.82. The quantitative estimate of drug-likeness (QED) is 0.336. The highest BCUT2D eigenvalue weighted by molar-refractivity contribution is 5.98. The van der Waals surface area contributed by atoms with Gasteiger partial charge >= 0.3 is 12.1 Å². The lowest BCUT2D eigenvalue weighted by Gasteiger charge is -2.36. The molecule has 4 aromatic rings. The van der Waals surface area contributed by atoms with Crippen LogP contribution >= 0.6 is 0 Å². The maximum absolute atomic E-state index is 12.9. The minimum atomic E-state index is -0.211. The Morgan fingerprint density at radius 2 is 1.62 bits per heavy atom. The van der Waals surface area contributed by atoms with Crippen molar-refractivity contribution >= 4 is 28.8 Å². The second kappa shape index (κ2) is 11.4. The summed E-state index contributed by atoms with van der Waals surface area (Å²) in [5, 5.41) is 6.54. The molecule has 9 heteroatoms. The second-order valence-electron chi connectivity index (χ2n) is 10.4. The van der Waals surface area contributed by atoms with Gasteiger partial charge in [0.1, 0.15) is 17.3 Å². The minimum absolute atomic E-state index is 0.130. The molecule has 9 nitrogen and oxygen atoms in total. The van der Waals surface area contributed by atoms with E-state index in [1.807, 2.05) is 59.5 Å². The summed E-state index contributed by atoms with van der Waals surface area (Å²) in [6.07, 6.45) is 6.23. The van der Waals surface area contributed by atoms with Crippen LogP contribution < -0.4 is 15.4 Å². The van der Waals surface area contributed by atoms with Gasteiger partial charge in [-0.05, 0) is 74.7 Å². The molecule has 3 amide bonds. The summed E-state index contributed by atoms with van der Waals surface area (Å²) in [6, 6.07) is 21.1. The lowest BCUT2D eigenvalue weighted by Crippen LogP contribution is -2.47. The molecule has 0 radical (unpaired) electrons. The fourth-order valence-corrected chi connectivity index (χ4v) is 5.82. The largest absolute Gasteiger partial charge is 0.457 e. The van der Waals surface area contributed by atoms with Gasteiger partial charge < -0.3 is 19.9 Å². The molecule has 0 unspecified atom stereocenters. The number of piperidine rings is 1. The number of carbonyl (C=O) groups excluding carboxylic acids is 2. The van der Waals surface area contributed by atoms with Gasteiger partial charge in [-0.1, -0.05) is 30.3 Å². The zero-order chi connectivity index (χ0) is 27.5. The van der Waals surface area contributed by atoms with Gasteiger partial charge in [0.15, 0.2) is 0 Å². The van der Waals surface area contributed by atoms with Crippen molar-refractivity contribution in [3.05, 3.63) is 72.9 Å². The van der Waals surface area contributed by atoms with Crippen molar-refractivity contribution < 1.29 is 14.3 Å². The van der Waals surface area contributed by atoms with Gasteiger partial charge in [0.05, 0.1) is 11.2 Å². The maximum Gasteiger partial charge on any atom is 0.326 e. The Kier molecular flexibility index (Phi) is 7.37. The van der Waals surface area contributed by atoms with Crippen LogP contribution in [0, 0.1) is 0 Å². The van der Waals surface area contributed by atoms with Crippen LogP contribution in [-0.2, 0) is 0 Å². The number of rotatable bonds is 5. The van der Waals surface area contributed by atoms with Crippen molar-refractivity contribution in [1.82, 2.24) is 24.7 Å². The molecule has 2 fully saturated rings. The monoisotopic (exact) mass is 538 g/mol. The van der Waals surface area contributed by atoms with Gasteiger partial charge in [0.2, 0.25) is 0 Å². The minimum Gasteiger partial charge on any atom is -0.457 e. The summed E-state index contributed by atoms with van der Waals surface area (Å²) in [4.78, 5) is 34.4. The van der Waals surface area contributed by atoms with Gasteiger partial charge in [-0.2, -0.15) is 0 Å². The van der Waals surface area contributed by atoms with E-state index in [0.717, 1.165) is 48.1 Å². The number of nitrogens with one attached hydrogen (secondary N) is 2. The second-order valence-corrected chi connectivity index (χ2v) is 10.4. The number of benzene rings is 2. The van der Waals surface area contributed by atoms with Crippen molar-refractivity contribution in [2.75, 3.05) is 38.5 Å². The smallest absolute Gasteiger partial charge is 0.326 e. The number of pyridine rings is 1. The van der Waals surface area contributed by atoms with Crippen molar-refractivity contribution in [3.8, 4) is 22.8 Å². The number of likely N-dealkylation sites (tertiary alicyclic amines) is 2. The lowest BCUT2D eigenvalue weighted by atomic mass is 10.0. The zero-order valence-corrected chi connectivity index (χ0v) is 22.7. The molecule has 2 aromatic heterocycles. The molecule has 2 aliphatic heterocycles. The Labute approximate surface area is 233 Å². The third kappa shape index (κ3) is 5.37. The number of fused-ring (bicyclic) bond motifs is 1. The summed E-state index contributed by atoms with van der Waals surface area (Å²) in [5.41, 5.74) is 2.52. The first kappa shape index (κ1) is 25.9. The summed E-state index contributed by atoms with van der Waals surface area (Å²) in [6.45, 7) is 3.89. The van der Waals surface area contributed by atoms with E-state index in [2.05, 4.69) is 20.5 Å². The van der Waals surface area contributed by atoms with Crippen LogP contribution in [0.1, 0.15) is 25.7 Å². The van der Waals surface area contributed by atoms with E-state index in [1.165, 1.54) is 25.9 Å². The Hall–Kier alpha value is -4.37. The fraction of sp³-hybridized carbons (Fsp3) is 0.323. The van der Waals surface area contributed by atoms with E-state index >= 15 is 0 Å². The van der Waals surface area contributed by atoms with Crippen molar-refractivity contribution in [2.45, 2.75) is 31.7 Å². The third-order valence-electron chi connectivity index (χ3n) is 7.87. The van der Waals surface area contributed by atoms with E-state index in [0.29, 0.717) is 23.4 Å². The van der Waals surface area contributed by atoms with Crippen LogP contribution in [0.5, 0.6) is 11.5 Å². The average Bonchev–Trinajstić information content (AvgIpc) is 3.66. The first-order valence-electron chi connectivity index (χ1n) is 14.0. The Morgan fingerprint density at radius 3 is 2.38 bits per heavy atom. The van der Waals surface area contributed by atoms with Gasteiger partial charge in [-0.25, -0.2) is 14.6 Å². The molecule has 2 aromatic carbocycles. The first-order chi connectivity index (χ1) is 19.6. The van der Waals surface area contributed by atoms with Crippen molar-refractivity contribution in [1.29, 1.82) is 0 Å². The number of nitrogens with zero attached hydrogens (tertiary/aromatic N) is 4. The Bertz CT molecular complexity index is 1500. The van der Waals surface area contributed by atoms with Gasteiger partial charge in [-0.3, -0.25) is 9.88 Å². The topological polar surface area (TPSA) is 91.7 Å². The van der Waals surface area contributed by atoms with E-state index in [1.54, 1.807) is 29.9 Å². The van der Waals surface area contributed by atoms with Crippen LogP contribution in [0.2, 0.25) is 0 Å². The molecule has 206 valence electrons. The number of hydrogen-bond donors (Lipinski definition) is 2. The van der Waals surface area contributed by atoms with Crippen LogP contribution in [0.15, 0.2) is 72.9 Å². The van der Waals surface area contributed by atoms with Crippen LogP contribution in [-0.4, -0.2) is 70.7 Å². The molecule has 0 saturated carbocycles. The van der Waals surface area contributed by atoms with Crippen LogP contribution in [0.25, 0.3) is 22.2 Å². The first-order valence-corrected chi connectivity index (χ1v) is 14.0. The number of urea groups is 1. The van der Waals surface area contributed by atoms with Crippen molar-refractivity contribution in [3.63, 3.8) is 0 Å². The molecule has 0 spiro atoms. The Balaban J connectivity index is 1.15. The van der Waals surface area contributed by atoms with E-state index in [9.17, 15) is 9.59 Å². The number of carbonyl (C=O) groups is 2. The van der Waals surface area contributed by atoms with E-state index < -0.39 is 0 Å². The standard InChI is InChI=1S/C31H34N6O3/c1-32-30(38)37-27-10-9-25(19-23(27)20-28(37)22-7-3-2-4-8-22)40-26-11-14-33-29(21-26)34-31(39)36-17-12-24(13-18-36)35-15-5-6-16-35/h2-4,7-11,14,19-21,24H,5-6,12-13,15-18H2,1H3,(H,32,38)(H,33,34,39). The molecule has 40 heavy (non-hydrogen) atoms. The normalized spacial score (nSPS) is 16.3. The molecule has 0 aliphatic carbocycles. The van der Waals surface area contributed by atoms with Crippen molar-refractivity contribution in [2.24, 2.45) is 0 Å². The molecule has 0 atom stereocenters. The molecule has 6 rings (SSSR count). The predicted octanol–water partition coefficient (Wildman–Crippen LogP) is 5.78. The summed E-state index contributed by atoms with van der Waals surface area (Å²) < 4.78 is 7.82. The SMILES string of the molecule is CNC(=O)n1c(-c2ccccc2)cc2cc(Oc3ccnc(NC(=O)N4CCC(N5CCCC5)CC4)c3)ccc21. The van der Waals surface area contributed by atoms with Crippen LogP contribution in [0.3, 0.4) is 0 Å². The molecular formula is C31H34N6O3. The molecule has 4 heterocycles. The van der Waals surface area contributed by atoms with E-state index in [4.69, 9.17) is 4.74 Å². The summed E-state index contributed by atoms with van der Waals surface area (Å²) >= 11 is 0. The number of ether oxygens (including phenoxy) is 1. The Morgan fingerprint density at radius 1 is 0.875 bits per heavy atom. The number of amides is 3. The zero-order valence-electron chi connectivity index (χ0n) is 22.7. The lowest BCUT2D eigenvalue weighted by molar-refractivity contribution is 0.140. The number of anilines is 1. The summed E-state index contributed by atoms with van der Waals surface area (Å²) in [7, 11) is 1.62. The number of aromatic nitrogens is 2. The van der Waals surface area contributed by atoms with Gasteiger partial charge in [-0.15, -0.1) is 0 Å². The van der Waals surface area contributed by atoms with Gasteiger partial charge in [0.25, 0.3) is 0 Å². The molecule has 2 aliphatic rings. The molecule has 0 bridgehead atoms. The molecular weight excluding hydrogens is 504 g/mol. The maximum atomic E-state index is 12.9. The molecule has 2 N–H and O–H groups in total. The van der Waals surface area contributed by atoms with E-state index in [-0.39, 0.29) is 12.1 Å². The summed E-state index contributed by atoms with van der Waals surface area (Å²) in [5.74, 6) is 1.63. The predicted molar refractivity (Wildman–Crippen MR) is 156 cm³/mol. The van der Waals surface area contributed by atoms with Gasteiger partial charge in [0, 0.05) is 43.8 Å². The highest BCUT2D eigenvalue weighted by Crippen LogP contribution is 2.32.